The smallest absolute Gasteiger partial charge is 0.212 e. The quantitative estimate of drug-likeness (QED) is 0.905. The number of halogens is 2. The second-order valence-electron chi connectivity index (χ2n) is 4.42. The molecule has 1 unspecified atom stereocenters. The Labute approximate surface area is 126 Å². The van der Waals surface area contributed by atoms with Crippen molar-refractivity contribution in [2.75, 3.05) is 14.2 Å². The molecule has 0 aliphatic rings. The molecule has 0 amide bonds. The lowest BCUT2D eigenvalue weighted by atomic mass is 9.99. The topological polar surface area (TPSA) is 34.1 Å². The number of pyridine rings is 1. The number of hydrogen-bond donors (Lipinski definition) is 1. The molecule has 106 valence electrons. The van der Waals surface area contributed by atoms with Crippen LogP contribution in [0.15, 0.2) is 41.0 Å². The summed E-state index contributed by atoms with van der Waals surface area (Å²) in [4.78, 5) is 4.17. The molecule has 2 rings (SSSR count). The van der Waals surface area contributed by atoms with E-state index in [1.165, 1.54) is 6.07 Å². The zero-order chi connectivity index (χ0) is 14.5. The summed E-state index contributed by atoms with van der Waals surface area (Å²) in [7, 11) is 3.40. The molecule has 3 nitrogen and oxygen atoms in total. The fraction of sp³-hybridized carbons (Fsp3) is 0.267. The van der Waals surface area contributed by atoms with E-state index in [0.29, 0.717) is 17.9 Å². The summed E-state index contributed by atoms with van der Waals surface area (Å²) in [6, 6.07) is 8.60. The van der Waals surface area contributed by atoms with E-state index in [1.807, 2.05) is 13.1 Å². The Morgan fingerprint density at radius 2 is 2.15 bits per heavy atom. The first-order chi connectivity index (χ1) is 9.63. The highest BCUT2D eigenvalue weighted by atomic mass is 79.9. The molecule has 1 aromatic carbocycles. The molecule has 0 spiro atoms. The van der Waals surface area contributed by atoms with Gasteiger partial charge in [0.05, 0.1) is 7.11 Å². The standard InChI is InChI=1S/C15H16BrFN2O/c1-18-14(12-8-11(16)4-5-13(12)17)7-10-3-6-15(20-2)19-9-10/h3-6,8-9,14,18H,7H2,1-2H3. The molecule has 5 heteroatoms. The van der Waals surface area contributed by atoms with Gasteiger partial charge in [0.25, 0.3) is 0 Å². The summed E-state index contributed by atoms with van der Waals surface area (Å²) in [5, 5.41) is 3.14. The van der Waals surface area contributed by atoms with Gasteiger partial charge < -0.3 is 10.1 Å². The van der Waals surface area contributed by atoms with Crippen LogP contribution in [0.25, 0.3) is 0 Å². The van der Waals surface area contributed by atoms with Crippen LogP contribution in [-0.4, -0.2) is 19.1 Å². The van der Waals surface area contributed by atoms with Crippen LogP contribution in [0, 0.1) is 5.82 Å². The van der Waals surface area contributed by atoms with Crippen molar-refractivity contribution in [2.45, 2.75) is 12.5 Å². The number of nitrogens with zero attached hydrogens (tertiary/aromatic N) is 1. The molecule has 1 atom stereocenters. The Morgan fingerprint density at radius 3 is 2.75 bits per heavy atom. The third-order valence-electron chi connectivity index (χ3n) is 3.13. The third kappa shape index (κ3) is 3.55. The number of hydrogen-bond acceptors (Lipinski definition) is 3. The van der Waals surface area contributed by atoms with Crippen molar-refractivity contribution in [3.05, 3.63) is 57.9 Å². The summed E-state index contributed by atoms with van der Waals surface area (Å²) < 4.78 is 19.8. The van der Waals surface area contributed by atoms with Gasteiger partial charge in [0.2, 0.25) is 5.88 Å². The highest BCUT2D eigenvalue weighted by molar-refractivity contribution is 9.10. The van der Waals surface area contributed by atoms with Crippen LogP contribution >= 0.6 is 15.9 Å². The van der Waals surface area contributed by atoms with Crippen LogP contribution in [-0.2, 0) is 6.42 Å². The number of benzene rings is 1. The second kappa shape index (κ2) is 6.81. The average Bonchev–Trinajstić information content (AvgIpc) is 2.48. The van der Waals surface area contributed by atoms with E-state index < -0.39 is 0 Å². The lowest BCUT2D eigenvalue weighted by molar-refractivity contribution is 0.397. The normalized spacial score (nSPS) is 12.2. The molecule has 1 N–H and O–H groups in total. The van der Waals surface area contributed by atoms with Gasteiger partial charge in [0.15, 0.2) is 0 Å². The maximum atomic E-state index is 13.9. The van der Waals surface area contributed by atoms with Gasteiger partial charge >= 0.3 is 0 Å². The number of rotatable bonds is 5. The van der Waals surface area contributed by atoms with E-state index in [1.54, 1.807) is 31.5 Å². The zero-order valence-corrected chi connectivity index (χ0v) is 12.9. The summed E-state index contributed by atoms with van der Waals surface area (Å²) in [6.07, 6.45) is 2.40. The Bertz CT molecular complexity index is 575. The molecular formula is C15H16BrFN2O. The Balaban J connectivity index is 2.21. The molecule has 0 saturated carbocycles. The second-order valence-corrected chi connectivity index (χ2v) is 5.34. The maximum absolute atomic E-state index is 13.9. The van der Waals surface area contributed by atoms with Crippen LogP contribution in [0.1, 0.15) is 17.2 Å². The van der Waals surface area contributed by atoms with Gasteiger partial charge in [0.1, 0.15) is 5.82 Å². The summed E-state index contributed by atoms with van der Waals surface area (Å²) in [6.45, 7) is 0. The van der Waals surface area contributed by atoms with Gasteiger partial charge in [-0.2, -0.15) is 0 Å². The minimum Gasteiger partial charge on any atom is -0.481 e. The third-order valence-corrected chi connectivity index (χ3v) is 3.62. The summed E-state index contributed by atoms with van der Waals surface area (Å²) >= 11 is 3.37. The van der Waals surface area contributed by atoms with Crippen molar-refractivity contribution in [2.24, 2.45) is 0 Å². The predicted octanol–water partition coefficient (Wildman–Crippen LogP) is 3.50. The van der Waals surface area contributed by atoms with Crippen LogP contribution in [0.4, 0.5) is 4.39 Å². The van der Waals surface area contributed by atoms with Crippen LogP contribution in [0.3, 0.4) is 0 Å². The van der Waals surface area contributed by atoms with E-state index in [4.69, 9.17) is 4.74 Å². The highest BCUT2D eigenvalue weighted by Crippen LogP contribution is 2.24. The Hall–Kier alpha value is -1.46. The first kappa shape index (κ1) is 14.9. The van der Waals surface area contributed by atoms with Gasteiger partial charge in [-0.3, -0.25) is 0 Å². The van der Waals surface area contributed by atoms with E-state index >= 15 is 0 Å². The van der Waals surface area contributed by atoms with Crippen molar-refractivity contribution < 1.29 is 9.13 Å². The van der Waals surface area contributed by atoms with Gasteiger partial charge in [-0.25, -0.2) is 9.37 Å². The first-order valence-corrected chi connectivity index (χ1v) is 7.04. The lowest BCUT2D eigenvalue weighted by Crippen LogP contribution is -2.20. The molecule has 0 radical (unpaired) electrons. The van der Waals surface area contributed by atoms with Gasteiger partial charge in [-0.05, 0) is 37.2 Å². The Morgan fingerprint density at radius 1 is 1.35 bits per heavy atom. The number of methoxy groups -OCH3 is 1. The predicted molar refractivity (Wildman–Crippen MR) is 80.4 cm³/mol. The molecule has 1 heterocycles. The van der Waals surface area contributed by atoms with E-state index in [2.05, 4.69) is 26.2 Å². The van der Waals surface area contributed by atoms with Gasteiger partial charge in [0, 0.05) is 28.3 Å². The summed E-state index contributed by atoms with van der Waals surface area (Å²) in [5.74, 6) is 0.359. The SMILES string of the molecule is CNC(Cc1ccc(OC)nc1)c1cc(Br)ccc1F. The van der Waals surface area contributed by atoms with E-state index in [0.717, 1.165) is 10.0 Å². The van der Waals surface area contributed by atoms with Gasteiger partial charge in [-0.1, -0.05) is 22.0 Å². The molecule has 0 fully saturated rings. The molecular weight excluding hydrogens is 323 g/mol. The van der Waals surface area contributed by atoms with Gasteiger partial charge in [-0.15, -0.1) is 0 Å². The van der Waals surface area contributed by atoms with Crippen LogP contribution in [0.5, 0.6) is 5.88 Å². The minimum absolute atomic E-state index is 0.109. The fourth-order valence-corrected chi connectivity index (χ4v) is 2.42. The number of ether oxygens (including phenoxy) is 1. The lowest BCUT2D eigenvalue weighted by Gasteiger charge is -2.18. The first-order valence-electron chi connectivity index (χ1n) is 6.25. The van der Waals surface area contributed by atoms with E-state index in [9.17, 15) is 4.39 Å². The van der Waals surface area contributed by atoms with E-state index in [-0.39, 0.29) is 11.9 Å². The zero-order valence-electron chi connectivity index (χ0n) is 11.4. The average molecular weight is 339 g/mol. The fourth-order valence-electron chi connectivity index (χ4n) is 2.04. The molecule has 0 aliphatic heterocycles. The molecule has 0 bridgehead atoms. The van der Waals surface area contributed by atoms with Crippen molar-refractivity contribution in [1.29, 1.82) is 0 Å². The van der Waals surface area contributed by atoms with Crippen LogP contribution < -0.4 is 10.1 Å². The number of likely N-dealkylation sites (N-methyl/N-ethyl adjacent to an activating group) is 1. The van der Waals surface area contributed by atoms with Crippen molar-refractivity contribution >= 4 is 15.9 Å². The minimum atomic E-state index is -0.214. The Kier molecular flexibility index (Phi) is 5.09. The monoisotopic (exact) mass is 338 g/mol. The summed E-state index contributed by atoms with van der Waals surface area (Å²) in [5.41, 5.74) is 1.65. The van der Waals surface area contributed by atoms with Crippen molar-refractivity contribution in [3.8, 4) is 5.88 Å². The molecule has 20 heavy (non-hydrogen) atoms. The largest absolute Gasteiger partial charge is 0.481 e. The van der Waals surface area contributed by atoms with Crippen molar-refractivity contribution in [1.82, 2.24) is 10.3 Å². The molecule has 0 saturated heterocycles. The van der Waals surface area contributed by atoms with Crippen molar-refractivity contribution in [3.63, 3.8) is 0 Å². The number of nitrogens with one attached hydrogen (secondary N) is 1. The highest BCUT2D eigenvalue weighted by Gasteiger charge is 2.15. The molecule has 0 aliphatic carbocycles. The van der Waals surface area contributed by atoms with Crippen LogP contribution in [0.2, 0.25) is 0 Å². The number of aromatic nitrogens is 1. The molecule has 1 aromatic heterocycles. The maximum Gasteiger partial charge on any atom is 0.212 e. The molecule has 2 aromatic rings.